The lowest BCUT2D eigenvalue weighted by atomic mass is 10.4. The highest BCUT2D eigenvalue weighted by atomic mass is 32.2. The van der Waals surface area contributed by atoms with Gasteiger partial charge in [0.2, 0.25) is 10.0 Å². The molecule has 0 spiro atoms. The Morgan fingerprint density at radius 2 is 2.20 bits per heavy atom. The third kappa shape index (κ3) is 2.72. The molecule has 0 aliphatic rings. The van der Waals surface area contributed by atoms with Gasteiger partial charge in [-0.15, -0.1) is 0 Å². The first-order valence-electron chi connectivity index (χ1n) is 4.29. The van der Waals surface area contributed by atoms with Crippen molar-refractivity contribution in [3.05, 3.63) is 17.5 Å². The number of aromatic nitrogens is 1. The lowest BCUT2D eigenvalue weighted by Crippen LogP contribution is -2.16. The Labute approximate surface area is 87.4 Å². The van der Waals surface area contributed by atoms with Crippen LogP contribution in [0.5, 0.6) is 0 Å². The number of aromatic carboxylic acids is 1. The summed E-state index contributed by atoms with van der Waals surface area (Å²) in [5.74, 6) is -1.30. The van der Waals surface area contributed by atoms with Crippen LogP contribution in [0.1, 0.15) is 23.1 Å². The van der Waals surface area contributed by atoms with Crippen LogP contribution < -0.4 is 4.72 Å². The van der Waals surface area contributed by atoms with E-state index in [1.165, 1.54) is 13.0 Å². The third-order valence-electron chi connectivity index (χ3n) is 1.81. The number of rotatable bonds is 4. The van der Waals surface area contributed by atoms with Crippen LogP contribution in [-0.4, -0.2) is 30.2 Å². The SMILES string of the molecule is CCS(=O)(=O)Nc1cc(C)[nH]c1C(=O)O. The van der Waals surface area contributed by atoms with Crippen LogP contribution in [0, 0.1) is 6.92 Å². The summed E-state index contributed by atoms with van der Waals surface area (Å²) in [5.41, 5.74) is 0.507. The first kappa shape index (κ1) is 11.6. The quantitative estimate of drug-likeness (QED) is 0.714. The fraction of sp³-hybridized carbons (Fsp3) is 0.375. The Morgan fingerprint density at radius 3 is 2.67 bits per heavy atom. The molecule has 0 unspecified atom stereocenters. The van der Waals surface area contributed by atoms with Crippen molar-refractivity contribution in [1.29, 1.82) is 0 Å². The Bertz CT molecular complexity index is 475. The van der Waals surface area contributed by atoms with Gasteiger partial charge in [-0.3, -0.25) is 4.72 Å². The van der Waals surface area contributed by atoms with Crippen LogP contribution in [0.3, 0.4) is 0 Å². The molecule has 0 aliphatic carbocycles. The smallest absolute Gasteiger partial charge is 0.354 e. The predicted molar refractivity (Wildman–Crippen MR) is 55.6 cm³/mol. The maximum atomic E-state index is 11.2. The topological polar surface area (TPSA) is 99.3 Å². The molecule has 0 saturated heterocycles. The Morgan fingerprint density at radius 1 is 1.60 bits per heavy atom. The van der Waals surface area contributed by atoms with Gasteiger partial charge in [0, 0.05) is 5.69 Å². The van der Waals surface area contributed by atoms with E-state index >= 15 is 0 Å². The van der Waals surface area contributed by atoms with Crippen molar-refractivity contribution in [2.24, 2.45) is 0 Å². The Balaban J connectivity index is 3.10. The van der Waals surface area contributed by atoms with Gasteiger partial charge in [0.1, 0.15) is 5.69 Å². The lowest BCUT2D eigenvalue weighted by molar-refractivity contribution is 0.0692. The van der Waals surface area contributed by atoms with Gasteiger partial charge >= 0.3 is 5.97 Å². The van der Waals surface area contributed by atoms with E-state index in [9.17, 15) is 13.2 Å². The Kier molecular flexibility index (Phi) is 3.04. The first-order valence-corrected chi connectivity index (χ1v) is 5.94. The molecule has 3 N–H and O–H groups in total. The molecule has 0 radical (unpaired) electrons. The zero-order valence-electron chi connectivity index (χ0n) is 8.36. The molecule has 1 aromatic rings. The molecule has 15 heavy (non-hydrogen) atoms. The molecule has 1 aromatic heterocycles. The van der Waals surface area contributed by atoms with Crippen molar-refractivity contribution in [1.82, 2.24) is 4.98 Å². The molecule has 0 bridgehead atoms. The van der Waals surface area contributed by atoms with E-state index in [1.54, 1.807) is 6.92 Å². The average molecular weight is 232 g/mol. The lowest BCUT2D eigenvalue weighted by Gasteiger charge is -2.04. The number of carboxylic acid groups (broad SMARTS) is 1. The van der Waals surface area contributed by atoms with Gasteiger partial charge < -0.3 is 10.1 Å². The number of aromatic amines is 1. The van der Waals surface area contributed by atoms with Gasteiger partial charge in [0.15, 0.2) is 0 Å². The van der Waals surface area contributed by atoms with E-state index in [0.717, 1.165) is 0 Å². The third-order valence-corrected chi connectivity index (χ3v) is 3.10. The summed E-state index contributed by atoms with van der Waals surface area (Å²) >= 11 is 0. The predicted octanol–water partition coefficient (Wildman–Crippen LogP) is 0.783. The number of aryl methyl sites for hydroxylation is 1. The molecule has 0 atom stereocenters. The molecule has 1 heterocycles. The molecule has 7 heteroatoms. The van der Waals surface area contributed by atoms with Crippen LogP contribution in [-0.2, 0) is 10.0 Å². The largest absolute Gasteiger partial charge is 0.477 e. The van der Waals surface area contributed by atoms with Crippen molar-refractivity contribution in [2.75, 3.05) is 10.5 Å². The highest BCUT2D eigenvalue weighted by Gasteiger charge is 2.17. The molecule has 0 amide bonds. The summed E-state index contributed by atoms with van der Waals surface area (Å²) in [6.45, 7) is 3.12. The second-order valence-electron chi connectivity index (χ2n) is 3.05. The second-order valence-corrected chi connectivity index (χ2v) is 5.06. The molecule has 0 fully saturated rings. The zero-order chi connectivity index (χ0) is 11.6. The van der Waals surface area contributed by atoms with Crippen LogP contribution >= 0.6 is 0 Å². The highest BCUT2D eigenvalue weighted by molar-refractivity contribution is 7.92. The van der Waals surface area contributed by atoms with Crippen molar-refractivity contribution < 1.29 is 18.3 Å². The number of sulfonamides is 1. The zero-order valence-corrected chi connectivity index (χ0v) is 9.18. The highest BCUT2D eigenvalue weighted by Crippen LogP contribution is 2.18. The van der Waals surface area contributed by atoms with Crippen molar-refractivity contribution in [3.8, 4) is 0 Å². The molecule has 84 valence electrons. The summed E-state index contributed by atoms with van der Waals surface area (Å²) in [5, 5.41) is 8.78. The summed E-state index contributed by atoms with van der Waals surface area (Å²) in [7, 11) is -3.45. The minimum absolute atomic E-state index is 0.0712. The molecular formula is C8H12N2O4S. The van der Waals surface area contributed by atoms with Crippen LogP contribution in [0.2, 0.25) is 0 Å². The number of anilines is 1. The van der Waals surface area contributed by atoms with E-state index < -0.39 is 16.0 Å². The van der Waals surface area contributed by atoms with E-state index in [-0.39, 0.29) is 17.1 Å². The minimum atomic E-state index is -3.45. The monoisotopic (exact) mass is 232 g/mol. The fourth-order valence-corrected chi connectivity index (χ4v) is 1.72. The van der Waals surface area contributed by atoms with Gasteiger partial charge in [-0.05, 0) is 19.9 Å². The maximum Gasteiger partial charge on any atom is 0.354 e. The average Bonchev–Trinajstić information content (AvgIpc) is 2.46. The number of nitrogens with one attached hydrogen (secondary N) is 2. The molecule has 6 nitrogen and oxygen atoms in total. The number of carbonyl (C=O) groups is 1. The van der Waals surface area contributed by atoms with E-state index in [4.69, 9.17) is 5.11 Å². The summed E-state index contributed by atoms with van der Waals surface area (Å²) in [6, 6.07) is 1.44. The van der Waals surface area contributed by atoms with Crippen LogP contribution in [0.4, 0.5) is 5.69 Å². The normalized spacial score (nSPS) is 11.3. The summed E-state index contributed by atoms with van der Waals surface area (Å²) in [4.78, 5) is 13.3. The van der Waals surface area contributed by atoms with Crippen molar-refractivity contribution in [2.45, 2.75) is 13.8 Å². The van der Waals surface area contributed by atoms with Crippen LogP contribution in [0.15, 0.2) is 6.07 Å². The van der Waals surface area contributed by atoms with Crippen LogP contribution in [0.25, 0.3) is 0 Å². The van der Waals surface area contributed by atoms with E-state index in [2.05, 4.69) is 9.71 Å². The maximum absolute atomic E-state index is 11.2. The Hall–Kier alpha value is -1.50. The standard InChI is InChI=1S/C8H12N2O4S/c1-3-15(13,14)10-6-4-5(2)9-7(6)8(11)12/h4,9-10H,3H2,1-2H3,(H,11,12). The van der Waals surface area contributed by atoms with Crippen molar-refractivity contribution in [3.63, 3.8) is 0 Å². The van der Waals surface area contributed by atoms with Gasteiger partial charge in [-0.25, -0.2) is 13.2 Å². The molecule has 0 saturated carbocycles. The molecule has 1 rings (SSSR count). The number of hydrogen-bond donors (Lipinski definition) is 3. The summed E-state index contributed by atoms with van der Waals surface area (Å²) < 4.78 is 24.7. The fourth-order valence-electron chi connectivity index (χ4n) is 1.08. The number of H-pyrrole nitrogens is 1. The van der Waals surface area contributed by atoms with Gasteiger partial charge in [0.25, 0.3) is 0 Å². The second kappa shape index (κ2) is 3.93. The first-order chi connectivity index (χ1) is 6.85. The molecule has 0 aliphatic heterocycles. The van der Waals surface area contributed by atoms with Gasteiger partial charge in [-0.2, -0.15) is 0 Å². The van der Waals surface area contributed by atoms with E-state index in [0.29, 0.717) is 5.69 Å². The molecule has 0 aromatic carbocycles. The van der Waals surface area contributed by atoms with Crippen molar-refractivity contribution >= 4 is 21.7 Å². The number of hydrogen-bond acceptors (Lipinski definition) is 3. The molecular weight excluding hydrogens is 220 g/mol. The van der Waals surface area contributed by atoms with Gasteiger partial charge in [-0.1, -0.05) is 0 Å². The number of carboxylic acids is 1. The summed E-state index contributed by atoms with van der Waals surface area (Å²) in [6.07, 6.45) is 0. The van der Waals surface area contributed by atoms with E-state index in [1.807, 2.05) is 0 Å². The minimum Gasteiger partial charge on any atom is -0.477 e. The van der Waals surface area contributed by atoms with Gasteiger partial charge in [0.05, 0.1) is 11.4 Å².